The van der Waals surface area contributed by atoms with Crippen LogP contribution in [0.5, 0.6) is 0 Å². The number of carbonyl (C=O) groups is 1. The molecule has 1 saturated heterocycles. The molecule has 1 fully saturated rings. The van der Waals surface area contributed by atoms with Crippen LogP contribution in [0.4, 0.5) is 0 Å². The molecule has 1 unspecified atom stereocenters. The van der Waals surface area contributed by atoms with E-state index in [0.29, 0.717) is 37.6 Å². The molecular formula is C23H29N3O3S. The molecule has 1 atom stereocenters. The molecule has 1 aliphatic heterocycles. The number of amides is 1. The molecule has 7 heteroatoms. The standard InChI is InChI=1S/C23H29N3O3S/c1-24(22-13-7-9-19-8-5-6-12-21(19)22)23(27)18-25-14-16-26(17-15-25)30(28,29)20-10-3-2-4-11-20/h2-6,8,10-12,22H,7,9,13-18H2,1H3. The maximum atomic E-state index is 13.0. The fourth-order valence-electron chi connectivity index (χ4n) is 4.48. The van der Waals surface area contributed by atoms with Crippen molar-refractivity contribution in [2.75, 3.05) is 39.8 Å². The fraction of sp³-hybridized carbons (Fsp3) is 0.435. The number of piperazine rings is 1. The van der Waals surface area contributed by atoms with E-state index in [-0.39, 0.29) is 11.9 Å². The highest BCUT2D eigenvalue weighted by molar-refractivity contribution is 7.89. The topological polar surface area (TPSA) is 60.9 Å². The number of likely N-dealkylation sites (N-methyl/N-ethyl adjacent to an activating group) is 1. The summed E-state index contributed by atoms with van der Waals surface area (Å²) in [7, 11) is -1.58. The molecule has 0 radical (unpaired) electrons. The van der Waals surface area contributed by atoms with E-state index < -0.39 is 10.0 Å². The molecule has 6 nitrogen and oxygen atoms in total. The highest BCUT2D eigenvalue weighted by atomic mass is 32.2. The summed E-state index contributed by atoms with van der Waals surface area (Å²) in [6, 6.07) is 17.1. The molecule has 1 aliphatic carbocycles. The Bertz CT molecular complexity index is 986. The first-order chi connectivity index (χ1) is 14.5. The average Bonchev–Trinajstić information content (AvgIpc) is 2.79. The number of rotatable bonds is 5. The highest BCUT2D eigenvalue weighted by Gasteiger charge is 2.31. The molecule has 2 aliphatic rings. The first-order valence-corrected chi connectivity index (χ1v) is 12.0. The summed E-state index contributed by atoms with van der Waals surface area (Å²) in [5.41, 5.74) is 2.60. The smallest absolute Gasteiger partial charge is 0.243 e. The number of hydrogen-bond donors (Lipinski definition) is 0. The SMILES string of the molecule is CN(C(=O)CN1CCN(S(=O)(=O)c2ccccc2)CC1)C1CCCc2ccccc21. The van der Waals surface area contributed by atoms with Crippen LogP contribution in [0.2, 0.25) is 0 Å². The minimum atomic E-state index is -3.47. The second-order valence-electron chi connectivity index (χ2n) is 8.10. The number of sulfonamides is 1. The van der Waals surface area contributed by atoms with E-state index >= 15 is 0 Å². The third-order valence-corrected chi connectivity index (χ3v) is 8.18. The zero-order valence-electron chi connectivity index (χ0n) is 17.4. The summed E-state index contributed by atoms with van der Waals surface area (Å²) < 4.78 is 27.1. The van der Waals surface area contributed by atoms with Gasteiger partial charge in [-0.05, 0) is 42.5 Å². The third kappa shape index (κ3) is 4.29. The van der Waals surface area contributed by atoms with Gasteiger partial charge in [0.25, 0.3) is 0 Å². The Hall–Kier alpha value is -2.22. The maximum Gasteiger partial charge on any atom is 0.243 e. The van der Waals surface area contributed by atoms with Crippen molar-refractivity contribution in [3.05, 3.63) is 65.7 Å². The van der Waals surface area contributed by atoms with Gasteiger partial charge in [-0.15, -0.1) is 0 Å². The summed E-state index contributed by atoms with van der Waals surface area (Å²) >= 11 is 0. The van der Waals surface area contributed by atoms with Crippen molar-refractivity contribution in [1.82, 2.24) is 14.1 Å². The normalized spacial score (nSPS) is 20.5. The van der Waals surface area contributed by atoms with Gasteiger partial charge in [-0.25, -0.2) is 8.42 Å². The molecule has 0 bridgehead atoms. The predicted octanol–water partition coefficient (Wildman–Crippen LogP) is 2.53. The lowest BCUT2D eigenvalue weighted by Crippen LogP contribution is -2.51. The van der Waals surface area contributed by atoms with Crippen molar-refractivity contribution in [2.45, 2.75) is 30.2 Å². The Labute approximate surface area is 179 Å². The summed E-state index contributed by atoms with van der Waals surface area (Å²) in [6.07, 6.45) is 3.16. The summed E-state index contributed by atoms with van der Waals surface area (Å²) in [5.74, 6) is 0.0936. The molecule has 4 rings (SSSR count). The van der Waals surface area contributed by atoms with Crippen molar-refractivity contribution in [3.8, 4) is 0 Å². The zero-order valence-corrected chi connectivity index (χ0v) is 18.2. The van der Waals surface area contributed by atoms with E-state index in [1.165, 1.54) is 15.4 Å². The third-order valence-electron chi connectivity index (χ3n) is 6.27. The first-order valence-electron chi connectivity index (χ1n) is 10.6. The van der Waals surface area contributed by atoms with E-state index in [1.54, 1.807) is 24.3 Å². The van der Waals surface area contributed by atoms with Gasteiger partial charge in [0.15, 0.2) is 0 Å². The number of fused-ring (bicyclic) bond motifs is 1. The zero-order chi connectivity index (χ0) is 21.1. The molecule has 0 aromatic heterocycles. The van der Waals surface area contributed by atoms with E-state index in [4.69, 9.17) is 0 Å². The average molecular weight is 428 g/mol. The molecule has 30 heavy (non-hydrogen) atoms. The molecule has 0 saturated carbocycles. The Morgan fingerprint density at radius 3 is 2.40 bits per heavy atom. The van der Waals surface area contributed by atoms with Gasteiger partial charge in [-0.3, -0.25) is 9.69 Å². The summed E-state index contributed by atoms with van der Waals surface area (Å²) in [4.78, 5) is 17.2. The van der Waals surface area contributed by atoms with Crippen molar-refractivity contribution in [3.63, 3.8) is 0 Å². The lowest BCUT2D eigenvalue weighted by atomic mass is 9.87. The van der Waals surface area contributed by atoms with E-state index in [2.05, 4.69) is 23.1 Å². The molecular weight excluding hydrogens is 398 g/mol. The predicted molar refractivity (Wildman–Crippen MR) is 117 cm³/mol. The van der Waals surface area contributed by atoms with Gasteiger partial charge in [0.2, 0.25) is 15.9 Å². The number of hydrogen-bond acceptors (Lipinski definition) is 4. The number of aryl methyl sites for hydroxylation is 1. The quantitative estimate of drug-likeness (QED) is 0.736. The Balaban J connectivity index is 1.35. The van der Waals surface area contributed by atoms with Crippen LogP contribution in [0.1, 0.15) is 30.0 Å². The largest absolute Gasteiger partial charge is 0.338 e. The van der Waals surface area contributed by atoms with Crippen LogP contribution < -0.4 is 0 Å². The second-order valence-corrected chi connectivity index (χ2v) is 10.0. The number of carbonyl (C=O) groups excluding carboxylic acids is 1. The number of nitrogens with zero attached hydrogens (tertiary/aromatic N) is 3. The van der Waals surface area contributed by atoms with Crippen molar-refractivity contribution in [2.24, 2.45) is 0 Å². The number of benzene rings is 2. The molecule has 2 aromatic rings. The monoisotopic (exact) mass is 427 g/mol. The van der Waals surface area contributed by atoms with Gasteiger partial charge >= 0.3 is 0 Å². The summed E-state index contributed by atoms with van der Waals surface area (Å²) in [5, 5.41) is 0. The van der Waals surface area contributed by atoms with Gasteiger partial charge in [0, 0.05) is 33.2 Å². The first kappa shape index (κ1) is 21.0. The maximum absolute atomic E-state index is 13.0. The van der Waals surface area contributed by atoms with Crippen molar-refractivity contribution >= 4 is 15.9 Å². The van der Waals surface area contributed by atoms with Crippen LogP contribution in [0.3, 0.4) is 0 Å². The van der Waals surface area contributed by atoms with Gasteiger partial charge in [0.05, 0.1) is 17.5 Å². The molecule has 2 aromatic carbocycles. The van der Waals surface area contributed by atoms with Gasteiger partial charge in [-0.1, -0.05) is 42.5 Å². The summed E-state index contributed by atoms with van der Waals surface area (Å²) in [6.45, 7) is 2.26. The van der Waals surface area contributed by atoms with Crippen LogP contribution in [-0.2, 0) is 21.2 Å². The molecule has 1 heterocycles. The van der Waals surface area contributed by atoms with Crippen LogP contribution in [-0.4, -0.2) is 68.2 Å². The molecule has 160 valence electrons. The van der Waals surface area contributed by atoms with Gasteiger partial charge in [0.1, 0.15) is 0 Å². The molecule has 1 amide bonds. The van der Waals surface area contributed by atoms with Crippen LogP contribution >= 0.6 is 0 Å². The van der Waals surface area contributed by atoms with Gasteiger partial charge < -0.3 is 4.90 Å². The van der Waals surface area contributed by atoms with E-state index in [1.807, 2.05) is 24.1 Å². The fourth-order valence-corrected chi connectivity index (χ4v) is 5.92. The van der Waals surface area contributed by atoms with Gasteiger partial charge in [-0.2, -0.15) is 4.31 Å². The Morgan fingerprint density at radius 2 is 1.67 bits per heavy atom. The lowest BCUT2D eigenvalue weighted by molar-refractivity contribution is -0.133. The molecule has 0 spiro atoms. The van der Waals surface area contributed by atoms with Crippen molar-refractivity contribution < 1.29 is 13.2 Å². The van der Waals surface area contributed by atoms with E-state index in [9.17, 15) is 13.2 Å². The highest BCUT2D eigenvalue weighted by Crippen LogP contribution is 2.33. The Kier molecular flexibility index (Phi) is 6.22. The minimum Gasteiger partial charge on any atom is -0.338 e. The van der Waals surface area contributed by atoms with Crippen LogP contribution in [0, 0.1) is 0 Å². The Morgan fingerprint density at radius 1 is 1.00 bits per heavy atom. The van der Waals surface area contributed by atoms with E-state index in [0.717, 1.165) is 19.3 Å². The second kappa shape index (κ2) is 8.88. The molecule has 0 N–H and O–H groups in total. The van der Waals surface area contributed by atoms with Crippen LogP contribution in [0.15, 0.2) is 59.5 Å². The van der Waals surface area contributed by atoms with Crippen molar-refractivity contribution in [1.29, 1.82) is 0 Å². The lowest BCUT2D eigenvalue weighted by Gasteiger charge is -2.37. The van der Waals surface area contributed by atoms with Crippen LogP contribution in [0.25, 0.3) is 0 Å². The minimum absolute atomic E-state index is 0.0936.